The minimum atomic E-state index is -1.30. The van der Waals surface area contributed by atoms with E-state index in [1.54, 1.807) is 6.07 Å². The molecule has 0 spiro atoms. The van der Waals surface area contributed by atoms with Gasteiger partial charge in [-0.05, 0) is 36.6 Å². The van der Waals surface area contributed by atoms with Crippen molar-refractivity contribution in [3.05, 3.63) is 75.1 Å². The summed E-state index contributed by atoms with van der Waals surface area (Å²) < 4.78 is 11.0. The molecule has 122 valence electrons. The first-order valence-corrected chi connectivity index (χ1v) is 7.45. The maximum atomic E-state index is 11.8. The lowest BCUT2D eigenvalue weighted by molar-refractivity contribution is 0.0692. The number of aryl methyl sites for hydroxylation is 1. The van der Waals surface area contributed by atoms with Crippen molar-refractivity contribution >= 4 is 16.9 Å². The molecule has 0 radical (unpaired) electrons. The van der Waals surface area contributed by atoms with E-state index in [9.17, 15) is 9.59 Å². The van der Waals surface area contributed by atoms with Crippen molar-refractivity contribution in [2.45, 2.75) is 20.5 Å². The Morgan fingerprint density at radius 3 is 2.50 bits per heavy atom. The van der Waals surface area contributed by atoms with Crippen LogP contribution >= 0.6 is 0 Å². The van der Waals surface area contributed by atoms with Gasteiger partial charge in [0, 0.05) is 11.5 Å². The van der Waals surface area contributed by atoms with Gasteiger partial charge in [-0.2, -0.15) is 0 Å². The van der Waals surface area contributed by atoms with Gasteiger partial charge in [0.15, 0.2) is 0 Å². The lowest BCUT2D eigenvalue weighted by Gasteiger charge is -2.13. The molecule has 2 aromatic carbocycles. The molecule has 0 atom stereocenters. The Balaban J connectivity index is 2.04. The summed E-state index contributed by atoms with van der Waals surface area (Å²) >= 11 is 0. The summed E-state index contributed by atoms with van der Waals surface area (Å²) in [4.78, 5) is 22.9. The lowest BCUT2D eigenvalue weighted by Crippen LogP contribution is -2.13. The summed E-state index contributed by atoms with van der Waals surface area (Å²) in [6, 6.07) is 12.7. The second-order valence-electron chi connectivity index (χ2n) is 5.56. The monoisotopic (exact) mass is 324 g/mol. The quantitative estimate of drug-likeness (QED) is 0.741. The number of fused-ring (bicyclic) bond motifs is 1. The first-order chi connectivity index (χ1) is 11.5. The van der Waals surface area contributed by atoms with Crippen molar-refractivity contribution < 1.29 is 19.1 Å². The number of aromatic carboxylic acids is 1. The van der Waals surface area contributed by atoms with E-state index >= 15 is 0 Å². The third kappa shape index (κ3) is 2.88. The Kier molecular flexibility index (Phi) is 4.08. The highest BCUT2D eigenvalue weighted by Crippen LogP contribution is 2.30. The normalized spacial score (nSPS) is 10.8. The van der Waals surface area contributed by atoms with Crippen molar-refractivity contribution in [1.29, 1.82) is 0 Å². The third-order valence-corrected chi connectivity index (χ3v) is 4.04. The zero-order valence-electron chi connectivity index (χ0n) is 13.3. The van der Waals surface area contributed by atoms with E-state index in [1.807, 2.05) is 44.2 Å². The second kappa shape index (κ2) is 6.20. The maximum absolute atomic E-state index is 11.8. The predicted molar refractivity (Wildman–Crippen MR) is 89.7 cm³/mol. The highest BCUT2D eigenvalue weighted by atomic mass is 16.5. The largest absolute Gasteiger partial charge is 0.488 e. The number of rotatable bonds is 4. The summed E-state index contributed by atoms with van der Waals surface area (Å²) in [7, 11) is 0. The second-order valence-corrected chi connectivity index (χ2v) is 5.56. The molecule has 24 heavy (non-hydrogen) atoms. The molecule has 5 heteroatoms. The van der Waals surface area contributed by atoms with Gasteiger partial charge in [-0.15, -0.1) is 0 Å². The molecule has 0 fully saturated rings. The molecule has 3 aromatic rings. The highest BCUT2D eigenvalue weighted by Gasteiger charge is 2.16. The molecule has 5 nitrogen and oxygen atoms in total. The number of carboxylic acid groups (broad SMARTS) is 1. The number of hydrogen-bond donors (Lipinski definition) is 1. The van der Waals surface area contributed by atoms with E-state index in [2.05, 4.69) is 0 Å². The summed E-state index contributed by atoms with van der Waals surface area (Å²) in [6.45, 7) is 4.13. The minimum absolute atomic E-state index is 0.316. The standard InChI is InChI=1S/C19H16O5/c1-11-12(2)16(23-10-13-6-4-3-5-7-13)9-17-14(11)8-15(18(20)21)19(22)24-17/h3-9H,10H2,1-2H3,(H,20,21). The first kappa shape index (κ1) is 15.8. The molecule has 1 N–H and O–H groups in total. The average molecular weight is 324 g/mol. The Bertz CT molecular complexity index is 970. The van der Waals surface area contributed by atoms with E-state index in [4.69, 9.17) is 14.3 Å². The van der Waals surface area contributed by atoms with Crippen LogP contribution in [-0.4, -0.2) is 11.1 Å². The van der Waals surface area contributed by atoms with Gasteiger partial charge in [0.05, 0.1) is 0 Å². The predicted octanol–water partition coefficient (Wildman–Crippen LogP) is 3.69. The van der Waals surface area contributed by atoms with Crippen molar-refractivity contribution in [2.24, 2.45) is 0 Å². The summed E-state index contributed by atoms with van der Waals surface area (Å²) in [5.41, 5.74) is 1.80. The summed E-state index contributed by atoms with van der Waals surface area (Å²) in [5.74, 6) is -0.692. The van der Waals surface area contributed by atoms with Crippen LogP contribution in [0, 0.1) is 13.8 Å². The molecule has 0 saturated heterocycles. The van der Waals surface area contributed by atoms with Crippen LogP contribution in [0.25, 0.3) is 11.0 Å². The maximum Gasteiger partial charge on any atom is 0.351 e. The van der Waals surface area contributed by atoms with Crippen LogP contribution in [0.2, 0.25) is 0 Å². The molecule has 0 saturated carbocycles. The summed E-state index contributed by atoms with van der Waals surface area (Å²) in [6.07, 6.45) is 0. The molecule has 0 aliphatic rings. The van der Waals surface area contributed by atoms with Crippen LogP contribution in [0.3, 0.4) is 0 Å². The van der Waals surface area contributed by atoms with E-state index in [0.717, 1.165) is 16.7 Å². The number of carboxylic acids is 1. The van der Waals surface area contributed by atoms with Gasteiger partial charge < -0.3 is 14.3 Å². The first-order valence-electron chi connectivity index (χ1n) is 7.45. The van der Waals surface area contributed by atoms with Gasteiger partial charge in [0.1, 0.15) is 23.5 Å². The van der Waals surface area contributed by atoms with Crippen LogP contribution in [0.4, 0.5) is 0 Å². The van der Waals surface area contributed by atoms with Crippen molar-refractivity contribution in [1.82, 2.24) is 0 Å². The fourth-order valence-electron chi connectivity index (χ4n) is 2.53. The molecule has 0 bridgehead atoms. The molecule has 1 heterocycles. The average Bonchev–Trinajstić information content (AvgIpc) is 2.57. The van der Waals surface area contributed by atoms with Crippen LogP contribution < -0.4 is 10.4 Å². The molecular weight excluding hydrogens is 308 g/mol. The Morgan fingerprint density at radius 2 is 1.83 bits per heavy atom. The van der Waals surface area contributed by atoms with Gasteiger partial charge in [-0.3, -0.25) is 0 Å². The Hall–Kier alpha value is -3.08. The fraction of sp³-hybridized carbons (Fsp3) is 0.158. The molecule has 3 rings (SSSR count). The van der Waals surface area contributed by atoms with E-state index in [0.29, 0.717) is 23.3 Å². The Labute approximate surface area is 138 Å². The topological polar surface area (TPSA) is 76.7 Å². The van der Waals surface area contributed by atoms with Crippen LogP contribution in [-0.2, 0) is 6.61 Å². The van der Waals surface area contributed by atoms with Crippen LogP contribution in [0.15, 0.2) is 51.7 Å². The van der Waals surface area contributed by atoms with Gasteiger partial charge in [0.25, 0.3) is 0 Å². The van der Waals surface area contributed by atoms with Crippen LogP contribution in [0.5, 0.6) is 5.75 Å². The van der Waals surface area contributed by atoms with Gasteiger partial charge in [-0.25, -0.2) is 9.59 Å². The SMILES string of the molecule is Cc1c(OCc2ccccc2)cc2oc(=O)c(C(=O)O)cc2c1C. The van der Waals surface area contributed by atoms with Gasteiger partial charge in [0.2, 0.25) is 0 Å². The smallest absolute Gasteiger partial charge is 0.351 e. The molecule has 1 aromatic heterocycles. The van der Waals surface area contributed by atoms with E-state index in [-0.39, 0.29) is 5.56 Å². The van der Waals surface area contributed by atoms with Gasteiger partial charge >= 0.3 is 11.6 Å². The Morgan fingerprint density at radius 1 is 1.12 bits per heavy atom. The molecule has 0 amide bonds. The van der Waals surface area contributed by atoms with Crippen molar-refractivity contribution in [2.75, 3.05) is 0 Å². The van der Waals surface area contributed by atoms with E-state index in [1.165, 1.54) is 6.07 Å². The number of benzene rings is 2. The minimum Gasteiger partial charge on any atom is -0.488 e. The van der Waals surface area contributed by atoms with Crippen molar-refractivity contribution in [3.63, 3.8) is 0 Å². The molecule has 0 unspecified atom stereocenters. The van der Waals surface area contributed by atoms with Crippen LogP contribution in [0.1, 0.15) is 27.0 Å². The molecule has 0 aliphatic carbocycles. The number of hydrogen-bond acceptors (Lipinski definition) is 4. The highest BCUT2D eigenvalue weighted by molar-refractivity contribution is 5.93. The van der Waals surface area contributed by atoms with Gasteiger partial charge in [-0.1, -0.05) is 30.3 Å². The molecule has 0 aliphatic heterocycles. The zero-order valence-corrected chi connectivity index (χ0v) is 13.3. The summed E-state index contributed by atoms with van der Waals surface area (Å²) in [5, 5.41) is 9.66. The molecular formula is C19H16O5. The number of carbonyl (C=O) groups is 1. The lowest BCUT2D eigenvalue weighted by atomic mass is 10.0. The van der Waals surface area contributed by atoms with E-state index < -0.39 is 11.6 Å². The third-order valence-electron chi connectivity index (χ3n) is 4.04. The number of ether oxygens (including phenoxy) is 1. The van der Waals surface area contributed by atoms with Crippen molar-refractivity contribution in [3.8, 4) is 5.75 Å². The fourth-order valence-corrected chi connectivity index (χ4v) is 2.53. The zero-order chi connectivity index (χ0) is 17.3.